The summed E-state index contributed by atoms with van der Waals surface area (Å²) in [7, 11) is 0. The Morgan fingerprint density at radius 1 is 1.06 bits per heavy atom. The monoisotopic (exact) mass is 224 g/mol. The van der Waals surface area contributed by atoms with Crippen molar-refractivity contribution in [2.75, 3.05) is 0 Å². The lowest BCUT2D eigenvalue weighted by Gasteiger charge is -2.09. The van der Waals surface area contributed by atoms with Gasteiger partial charge in [0.2, 0.25) is 0 Å². The Kier molecular flexibility index (Phi) is 2.77. The number of nitrogens with zero attached hydrogens (tertiary/aromatic N) is 1. The molecular weight excluding hydrogens is 208 g/mol. The van der Waals surface area contributed by atoms with Gasteiger partial charge in [0.25, 0.3) is 0 Å². The zero-order valence-electron chi connectivity index (χ0n) is 10.7. The highest BCUT2D eigenvalue weighted by Crippen LogP contribution is 2.28. The van der Waals surface area contributed by atoms with Crippen LogP contribution < -0.4 is 0 Å². The van der Waals surface area contributed by atoms with Crippen LogP contribution in [0.2, 0.25) is 0 Å². The molecule has 1 aromatic heterocycles. The molecule has 0 spiro atoms. The van der Waals surface area contributed by atoms with Gasteiger partial charge in [-0.1, -0.05) is 12.1 Å². The van der Waals surface area contributed by atoms with Crippen LogP contribution in [0, 0.1) is 39.0 Å². The maximum atomic E-state index is 8.98. The van der Waals surface area contributed by atoms with E-state index in [4.69, 9.17) is 5.26 Å². The average molecular weight is 224 g/mol. The van der Waals surface area contributed by atoms with Gasteiger partial charge in [0.1, 0.15) is 6.07 Å². The van der Waals surface area contributed by atoms with Crippen LogP contribution >= 0.6 is 0 Å². The number of benzene rings is 1. The molecule has 0 radical (unpaired) electrons. The van der Waals surface area contributed by atoms with Crippen molar-refractivity contribution < 1.29 is 0 Å². The molecule has 0 unspecified atom stereocenters. The molecule has 0 fully saturated rings. The van der Waals surface area contributed by atoms with Crippen molar-refractivity contribution in [3.63, 3.8) is 0 Å². The summed E-state index contributed by atoms with van der Waals surface area (Å²) in [5.41, 5.74) is 7.74. The van der Waals surface area contributed by atoms with Crippen molar-refractivity contribution in [2.45, 2.75) is 27.7 Å². The number of H-pyrrole nitrogens is 1. The number of hydrogen-bond acceptors (Lipinski definition) is 1. The highest BCUT2D eigenvalue weighted by atomic mass is 14.7. The lowest BCUT2D eigenvalue weighted by Crippen LogP contribution is -1.90. The Morgan fingerprint density at radius 3 is 2.35 bits per heavy atom. The van der Waals surface area contributed by atoms with Crippen molar-refractivity contribution in [2.24, 2.45) is 0 Å². The molecule has 2 heteroatoms. The van der Waals surface area contributed by atoms with Crippen LogP contribution in [-0.2, 0) is 0 Å². The lowest BCUT2D eigenvalue weighted by molar-refractivity contribution is 1.22. The van der Waals surface area contributed by atoms with Crippen LogP contribution in [-0.4, -0.2) is 4.98 Å². The number of aromatic nitrogens is 1. The van der Waals surface area contributed by atoms with Crippen molar-refractivity contribution in [3.05, 3.63) is 46.1 Å². The number of aryl methyl sites for hydroxylation is 2. The molecule has 0 amide bonds. The first-order valence-corrected chi connectivity index (χ1v) is 5.71. The number of aromatic amines is 1. The van der Waals surface area contributed by atoms with E-state index in [9.17, 15) is 0 Å². The van der Waals surface area contributed by atoms with E-state index in [0.717, 1.165) is 17.0 Å². The third kappa shape index (κ3) is 1.85. The fourth-order valence-electron chi connectivity index (χ4n) is 2.07. The molecule has 1 heterocycles. The van der Waals surface area contributed by atoms with Crippen molar-refractivity contribution in [3.8, 4) is 17.3 Å². The van der Waals surface area contributed by atoms with Gasteiger partial charge in [0, 0.05) is 17.0 Å². The largest absolute Gasteiger partial charge is 0.358 e. The van der Waals surface area contributed by atoms with Gasteiger partial charge in [-0.3, -0.25) is 0 Å². The van der Waals surface area contributed by atoms with Crippen molar-refractivity contribution in [1.29, 1.82) is 5.26 Å². The summed E-state index contributed by atoms with van der Waals surface area (Å²) < 4.78 is 0. The Labute approximate surface area is 102 Å². The number of hydrogen-bond donors (Lipinski definition) is 1. The molecule has 2 rings (SSSR count). The van der Waals surface area contributed by atoms with Crippen LogP contribution in [0.5, 0.6) is 0 Å². The zero-order chi connectivity index (χ0) is 12.6. The highest BCUT2D eigenvalue weighted by molar-refractivity contribution is 5.68. The zero-order valence-corrected chi connectivity index (χ0v) is 10.7. The maximum absolute atomic E-state index is 8.98. The van der Waals surface area contributed by atoms with Crippen LogP contribution in [0.3, 0.4) is 0 Å². The second-order valence-electron chi connectivity index (χ2n) is 4.51. The van der Waals surface area contributed by atoms with E-state index in [1.807, 2.05) is 13.0 Å². The molecule has 86 valence electrons. The summed E-state index contributed by atoms with van der Waals surface area (Å²) in [6.07, 6.45) is 0. The summed E-state index contributed by atoms with van der Waals surface area (Å²) in [4.78, 5) is 3.28. The Hall–Kier alpha value is -2.01. The molecule has 0 aliphatic heterocycles. The fourth-order valence-corrected chi connectivity index (χ4v) is 2.07. The van der Waals surface area contributed by atoms with Gasteiger partial charge < -0.3 is 4.98 Å². The van der Waals surface area contributed by atoms with Gasteiger partial charge in [-0.25, -0.2) is 0 Å². The van der Waals surface area contributed by atoms with E-state index in [0.29, 0.717) is 0 Å². The molecular formula is C15H16N2. The minimum absolute atomic E-state index is 0.720. The van der Waals surface area contributed by atoms with Crippen LogP contribution in [0.15, 0.2) is 18.2 Å². The normalized spacial score (nSPS) is 10.3. The summed E-state index contributed by atoms with van der Waals surface area (Å²) in [5.74, 6) is 0. The van der Waals surface area contributed by atoms with Crippen LogP contribution in [0.1, 0.15) is 27.9 Å². The molecule has 2 nitrogen and oxygen atoms in total. The lowest BCUT2D eigenvalue weighted by atomic mass is 9.97. The fraction of sp³-hybridized carbons (Fsp3) is 0.267. The molecule has 1 aromatic carbocycles. The van der Waals surface area contributed by atoms with Gasteiger partial charge in [-0.15, -0.1) is 0 Å². The third-order valence-corrected chi connectivity index (χ3v) is 3.48. The Balaban J connectivity index is 2.62. The minimum Gasteiger partial charge on any atom is -0.358 e. The standard InChI is InChI=1S/C15H16N2/c1-9-5-6-14(11(3)10(9)2)15-7-13(8-16)12(4)17-15/h5-7,17H,1-4H3. The first-order valence-electron chi connectivity index (χ1n) is 5.71. The average Bonchev–Trinajstić information content (AvgIpc) is 2.67. The molecule has 0 saturated carbocycles. The molecule has 0 aliphatic rings. The summed E-state index contributed by atoms with van der Waals surface area (Å²) >= 11 is 0. The third-order valence-electron chi connectivity index (χ3n) is 3.48. The van der Waals surface area contributed by atoms with Gasteiger partial charge in [-0.05, 0) is 50.5 Å². The van der Waals surface area contributed by atoms with Gasteiger partial charge in [0.15, 0.2) is 0 Å². The molecule has 0 bridgehead atoms. The number of nitriles is 1. The van der Waals surface area contributed by atoms with Gasteiger partial charge in [0.05, 0.1) is 5.56 Å². The summed E-state index contributed by atoms with van der Waals surface area (Å²) in [6, 6.07) is 8.36. The second kappa shape index (κ2) is 4.10. The van der Waals surface area contributed by atoms with E-state index in [1.54, 1.807) is 0 Å². The van der Waals surface area contributed by atoms with E-state index >= 15 is 0 Å². The highest BCUT2D eigenvalue weighted by Gasteiger charge is 2.10. The molecule has 17 heavy (non-hydrogen) atoms. The van der Waals surface area contributed by atoms with Crippen LogP contribution in [0.25, 0.3) is 11.3 Å². The van der Waals surface area contributed by atoms with E-state index in [2.05, 4.69) is 44.0 Å². The SMILES string of the molecule is Cc1ccc(-c2cc(C#N)c(C)[nH]2)c(C)c1C. The quantitative estimate of drug-likeness (QED) is 0.786. The van der Waals surface area contributed by atoms with Crippen LogP contribution in [0.4, 0.5) is 0 Å². The van der Waals surface area contributed by atoms with E-state index in [-0.39, 0.29) is 0 Å². The summed E-state index contributed by atoms with van der Waals surface area (Å²) in [5, 5.41) is 8.98. The number of rotatable bonds is 1. The van der Waals surface area contributed by atoms with E-state index < -0.39 is 0 Å². The number of nitrogens with one attached hydrogen (secondary N) is 1. The molecule has 1 N–H and O–H groups in total. The first kappa shape index (κ1) is 11.5. The summed E-state index contributed by atoms with van der Waals surface area (Å²) in [6.45, 7) is 8.31. The molecule has 0 atom stereocenters. The predicted molar refractivity (Wildman–Crippen MR) is 69.9 cm³/mol. The van der Waals surface area contributed by atoms with Gasteiger partial charge >= 0.3 is 0 Å². The molecule has 0 aliphatic carbocycles. The minimum atomic E-state index is 0.720. The Morgan fingerprint density at radius 2 is 1.76 bits per heavy atom. The molecule has 2 aromatic rings. The maximum Gasteiger partial charge on any atom is 0.101 e. The second-order valence-corrected chi connectivity index (χ2v) is 4.51. The predicted octanol–water partition coefficient (Wildman–Crippen LogP) is 3.79. The van der Waals surface area contributed by atoms with Crippen molar-refractivity contribution in [1.82, 2.24) is 4.98 Å². The Bertz CT molecular complexity index is 613. The smallest absolute Gasteiger partial charge is 0.101 e. The topological polar surface area (TPSA) is 39.6 Å². The first-order chi connectivity index (χ1) is 8.04. The molecule has 0 saturated heterocycles. The van der Waals surface area contributed by atoms with Gasteiger partial charge in [-0.2, -0.15) is 5.26 Å². The van der Waals surface area contributed by atoms with Crippen molar-refractivity contribution >= 4 is 0 Å². The van der Waals surface area contributed by atoms with E-state index in [1.165, 1.54) is 22.3 Å².